The SMILES string of the molecule is Cc1ccccc1Nc1nc(N)nc(CN2C[C@H](C(=O)N3CCOCC3)Oc3ccccc32)n1. The summed E-state index contributed by atoms with van der Waals surface area (Å²) in [6.07, 6.45) is -0.628. The Balaban J connectivity index is 1.38. The lowest BCUT2D eigenvalue weighted by molar-refractivity contribution is -0.142. The molecular formula is C24H27N7O3. The Morgan fingerprint density at radius 1 is 1.09 bits per heavy atom. The number of nitrogens with two attached hydrogens (primary N) is 1. The Morgan fingerprint density at radius 2 is 1.85 bits per heavy atom. The number of nitrogens with zero attached hydrogens (tertiary/aromatic N) is 5. The van der Waals surface area contributed by atoms with Gasteiger partial charge in [0.1, 0.15) is 5.75 Å². The van der Waals surface area contributed by atoms with E-state index in [-0.39, 0.29) is 11.9 Å². The third-order valence-electron chi connectivity index (χ3n) is 5.88. The molecule has 34 heavy (non-hydrogen) atoms. The van der Waals surface area contributed by atoms with E-state index in [4.69, 9.17) is 15.2 Å². The van der Waals surface area contributed by atoms with Crippen LogP contribution < -0.4 is 20.7 Å². The van der Waals surface area contributed by atoms with Gasteiger partial charge >= 0.3 is 0 Å². The van der Waals surface area contributed by atoms with Crippen molar-refractivity contribution in [1.29, 1.82) is 0 Å². The second-order valence-electron chi connectivity index (χ2n) is 8.27. The number of carbonyl (C=O) groups is 1. The van der Waals surface area contributed by atoms with Crippen molar-refractivity contribution in [2.75, 3.05) is 48.8 Å². The average molecular weight is 462 g/mol. The topological polar surface area (TPSA) is 119 Å². The second-order valence-corrected chi connectivity index (χ2v) is 8.27. The minimum absolute atomic E-state index is 0.0418. The first kappa shape index (κ1) is 21.9. The minimum atomic E-state index is -0.628. The summed E-state index contributed by atoms with van der Waals surface area (Å²) in [6, 6.07) is 15.5. The lowest BCUT2D eigenvalue weighted by Crippen LogP contribution is -2.52. The molecule has 176 valence electrons. The van der Waals surface area contributed by atoms with E-state index in [0.717, 1.165) is 16.9 Å². The molecule has 0 radical (unpaired) electrons. The number of benzene rings is 2. The zero-order valence-electron chi connectivity index (χ0n) is 19.0. The van der Waals surface area contributed by atoms with E-state index in [1.165, 1.54) is 0 Å². The molecule has 10 heteroatoms. The van der Waals surface area contributed by atoms with Crippen molar-refractivity contribution in [3.63, 3.8) is 0 Å². The number of hydrogen-bond acceptors (Lipinski definition) is 9. The van der Waals surface area contributed by atoms with Crippen molar-refractivity contribution >= 4 is 29.2 Å². The Labute approximate surface area is 197 Å². The van der Waals surface area contributed by atoms with Crippen LogP contribution in [0.25, 0.3) is 0 Å². The fraction of sp³-hybridized carbons (Fsp3) is 0.333. The van der Waals surface area contributed by atoms with E-state index >= 15 is 0 Å². The first-order valence-corrected chi connectivity index (χ1v) is 11.3. The Morgan fingerprint density at radius 3 is 2.68 bits per heavy atom. The maximum Gasteiger partial charge on any atom is 0.265 e. The van der Waals surface area contributed by atoms with Crippen molar-refractivity contribution in [3.8, 4) is 5.75 Å². The number of ether oxygens (including phenoxy) is 2. The summed E-state index contributed by atoms with van der Waals surface area (Å²) >= 11 is 0. The highest BCUT2D eigenvalue weighted by molar-refractivity contribution is 5.83. The molecule has 1 saturated heterocycles. The molecule has 5 rings (SSSR count). The van der Waals surface area contributed by atoms with Gasteiger partial charge in [-0.2, -0.15) is 15.0 Å². The van der Waals surface area contributed by atoms with E-state index < -0.39 is 6.10 Å². The van der Waals surface area contributed by atoms with Crippen LogP contribution in [0.5, 0.6) is 5.75 Å². The molecule has 1 fully saturated rings. The quantitative estimate of drug-likeness (QED) is 0.589. The molecule has 3 heterocycles. The van der Waals surface area contributed by atoms with E-state index in [9.17, 15) is 4.79 Å². The summed E-state index contributed by atoms with van der Waals surface area (Å²) in [5.74, 6) is 1.61. The highest BCUT2D eigenvalue weighted by Gasteiger charge is 2.34. The maximum absolute atomic E-state index is 13.2. The van der Waals surface area contributed by atoms with Crippen LogP contribution in [-0.2, 0) is 16.1 Å². The van der Waals surface area contributed by atoms with Crippen LogP contribution >= 0.6 is 0 Å². The zero-order chi connectivity index (χ0) is 23.5. The Kier molecular flexibility index (Phi) is 6.13. The lowest BCUT2D eigenvalue weighted by Gasteiger charge is -2.38. The van der Waals surface area contributed by atoms with Gasteiger partial charge in [-0.05, 0) is 30.7 Å². The van der Waals surface area contributed by atoms with E-state index in [1.54, 1.807) is 4.90 Å². The first-order chi connectivity index (χ1) is 16.6. The fourth-order valence-electron chi connectivity index (χ4n) is 4.14. The van der Waals surface area contributed by atoms with Crippen molar-refractivity contribution in [2.24, 2.45) is 0 Å². The number of nitrogens with one attached hydrogen (secondary N) is 1. The van der Waals surface area contributed by atoms with Crippen LogP contribution in [0.1, 0.15) is 11.4 Å². The molecule has 0 aliphatic carbocycles. The number of amides is 1. The molecule has 2 aliphatic heterocycles. The zero-order valence-corrected chi connectivity index (χ0v) is 19.0. The molecule has 2 aliphatic rings. The second kappa shape index (κ2) is 9.52. The number of fused-ring (bicyclic) bond motifs is 1. The molecule has 0 unspecified atom stereocenters. The fourth-order valence-corrected chi connectivity index (χ4v) is 4.14. The smallest absolute Gasteiger partial charge is 0.265 e. The van der Waals surface area contributed by atoms with Gasteiger partial charge in [0.15, 0.2) is 11.9 Å². The number of anilines is 4. The molecule has 2 aromatic carbocycles. The van der Waals surface area contributed by atoms with Gasteiger partial charge in [-0.15, -0.1) is 0 Å². The van der Waals surface area contributed by atoms with Gasteiger partial charge in [-0.25, -0.2) is 0 Å². The lowest BCUT2D eigenvalue weighted by atomic mass is 10.1. The standard InChI is InChI=1S/C24H27N7O3/c1-16-6-2-3-7-17(16)26-24-28-21(27-23(25)29-24)15-31-14-20(22(32)30-10-12-33-13-11-30)34-19-9-5-4-8-18(19)31/h2-9,20H,10-15H2,1H3,(H3,25,26,27,28,29)/t20-/m1/s1. The Hall–Kier alpha value is -3.92. The van der Waals surface area contributed by atoms with E-state index in [1.807, 2.05) is 60.4 Å². The van der Waals surface area contributed by atoms with Crippen molar-refractivity contribution in [2.45, 2.75) is 19.6 Å². The number of hydrogen-bond donors (Lipinski definition) is 2. The Bertz CT molecular complexity index is 1180. The van der Waals surface area contributed by atoms with Gasteiger partial charge in [0.2, 0.25) is 11.9 Å². The third-order valence-corrected chi connectivity index (χ3v) is 5.88. The molecule has 10 nitrogen and oxygen atoms in total. The molecule has 1 amide bonds. The average Bonchev–Trinajstić information content (AvgIpc) is 2.85. The molecule has 3 aromatic rings. The van der Waals surface area contributed by atoms with Gasteiger partial charge < -0.3 is 30.3 Å². The van der Waals surface area contributed by atoms with Gasteiger partial charge in [-0.3, -0.25) is 4.79 Å². The third kappa shape index (κ3) is 4.72. The van der Waals surface area contributed by atoms with E-state index in [2.05, 4.69) is 20.3 Å². The number of para-hydroxylation sites is 3. The summed E-state index contributed by atoms with van der Waals surface area (Å²) in [6.45, 7) is 4.95. The van der Waals surface area contributed by atoms with Gasteiger partial charge in [-0.1, -0.05) is 30.3 Å². The molecule has 0 bridgehead atoms. The highest BCUT2D eigenvalue weighted by atomic mass is 16.5. The summed E-state index contributed by atoms with van der Waals surface area (Å²) in [7, 11) is 0. The van der Waals surface area contributed by atoms with Gasteiger partial charge in [0, 0.05) is 18.8 Å². The predicted molar refractivity (Wildman–Crippen MR) is 128 cm³/mol. The molecular weight excluding hydrogens is 434 g/mol. The minimum Gasteiger partial charge on any atom is -0.477 e. The molecule has 1 atom stereocenters. The van der Waals surface area contributed by atoms with Gasteiger partial charge in [0.05, 0.1) is 32.0 Å². The molecule has 0 saturated carbocycles. The number of carbonyl (C=O) groups excluding carboxylic acids is 1. The van der Waals surface area contributed by atoms with E-state index in [0.29, 0.717) is 56.9 Å². The van der Waals surface area contributed by atoms with Crippen LogP contribution in [0.2, 0.25) is 0 Å². The highest BCUT2D eigenvalue weighted by Crippen LogP contribution is 2.34. The maximum atomic E-state index is 13.2. The normalized spacial score (nSPS) is 17.6. The van der Waals surface area contributed by atoms with Crippen molar-refractivity contribution in [1.82, 2.24) is 19.9 Å². The molecule has 0 spiro atoms. The number of aryl methyl sites for hydroxylation is 1. The van der Waals surface area contributed by atoms with Crippen LogP contribution in [0.3, 0.4) is 0 Å². The van der Waals surface area contributed by atoms with Gasteiger partial charge in [0.25, 0.3) is 5.91 Å². The first-order valence-electron chi connectivity index (χ1n) is 11.3. The monoisotopic (exact) mass is 461 g/mol. The van der Waals surface area contributed by atoms with Crippen molar-refractivity contribution < 1.29 is 14.3 Å². The number of rotatable bonds is 5. The molecule has 3 N–H and O–H groups in total. The van der Waals surface area contributed by atoms with Crippen LogP contribution in [0.15, 0.2) is 48.5 Å². The summed E-state index contributed by atoms with van der Waals surface area (Å²) in [5, 5.41) is 3.22. The predicted octanol–water partition coefficient (Wildman–Crippen LogP) is 2.13. The summed E-state index contributed by atoms with van der Waals surface area (Å²) in [5.41, 5.74) is 8.84. The van der Waals surface area contributed by atoms with Crippen LogP contribution in [0.4, 0.5) is 23.3 Å². The number of nitrogen functional groups attached to an aromatic ring is 1. The number of morpholine rings is 1. The largest absolute Gasteiger partial charge is 0.477 e. The van der Waals surface area contributed by atoms with Crippen LogP contribution in [0, 0.1) is 6.92 Å². The number of aromatic nitrogens is 3. The van der Waals surface area contributed by atoms with Crippen molar-refractivity contribution in [3.05, 3.63) is 59.9 Å². The summed E-state index contributed by atoms with van der Waals surface area (Å²) < 4.78 is 11.5. The molecule has 1 aromatic heterocycles. The van der Waals surface area contributed by atoms with Crippen LogP contribution in [-0.4, -0.2) is 64.7 Å². The summed E-state index contributed by atoms with van der Waals surface area (Å²) in [4.78, 5) is 30.2.